The Hall–Kier alpha value is -2.38. The molecule has 7 heteroatoms. The second-order valence-electron chi connectivity index (χ2n) is 6.56. The molecular weight excluding hydrogens is 362 g/mol. The van der Waals surface area contributed by atoms with Crippen LogP contribution in [0.25, 0.3) is 10.8 Å². The Bertz CT molecular complexity index is 878. The summed E-state index contributed by atoms with van der Waals surface area (Å²) in [6, 6.07) is 10.1. The van der Waals surface area contributed by atoms with Crippen molar-refractivity contribution in [1.29, 1.82) is 0 Å². The van der Waals surface area contributed by atoms with Gasteiger partial charge in [0, 0.05) is 12.1 Å². The minimum Gasteiger partial charge on any atom is -0.493 e. The molecule has 0 bridgehead atoms. The number of likely N-dealkylation sites (tertiary alicyclic amines) is 1. The lowest BCUT2D eigenvalue weighted by molar-refractivity contribution is 0.117. The zero-order chi connectivity index (χ0) is 18.6. The molecule has 1 aliphatic rings. The molecule has 6 nitrogen and oxygen atoms in total. The van der Waals surface area contributed by atoms with E-state index in [0.717, 1.165) is 54.3 Å². The summed E-state index contributed by atoms with van der Waals surface area (Å²) in [4.78, 5) is 3.40. The lowest BCUT2D eigenvalue weighted by Gasteiger charge is -2.33. The highest BCUT2D eigenvalue weighted by atomic mass is 32.1. The second kappa shape index (κ2) is 8.10. The van der Waals surface area contributed by atoms with E-state index < -0.39 is 0 Å². The molecule has 0 N–H and O–H groups in total. The first-order valence-corrected chi connectivity index (χ1v) is 9.99. The van der Waals surface area contributed by atoms with Gasteiger partial charge >= 0.3 is 0 Å². The Kier molecular flexibility index (Phi) is 5.40. The zero-order valence-electron chi connectivity index (χ0n) is 15.6. The predicted molar refractivity (Wildman–Crippen MR) is 104 cm³/mol. The van der Waals surface area contributed by atoms with Crippen LogP contribution in [0.5, 0.6) is 11.5 Å². The number of piperidine rings is 1. The number of methoxy groups -OCH3 is 2. The molecule has 1 aliphatic heterocycles. The maximum absolute atomic E-state index is 6.03. The van der Waals surface area contributed by atoms with Gasteiger partial charge in [0.2, 0.25) is 5.89 Å². The predicted octanol–water partition coefficient (Wildman–Crippen LogP) is 4.54. The van der Waals surface area contributed by atoms with Crippen LogP contribution in [0, 0.1) is 0 Å². The molecule has 3 heterocycles. The molecule has 1 atom stereocenters. The quantitative estimate of drug-likeness (QED) is 0.621. The van der Waals surface area contributed by atoms with E-state index in [1.54, 1.807) is 25.6 Å². The summed E-state index contributed by atoms with van der Waals surface area (Å²) >= 11 is 1.61. The summed E-state index contributed by atoms with van der Waals surface area (Å²) in [6.45, 7) is 1.74. The van der Waals surface area contributed by atoms with E-state index in [1.165, 1.54) is 0 Å². The molecule has 0 amide bonds. The number of ether oxygens (including phenoxy) is 2. The van der Waals surface area contributed by atoms with Crippen LogP contribution in [0.1, 0.15) is 36.8 Å². The van der Waals surface area contributed by atoms with Gasteiger partial charge in [-0.15, -0.1) is 21.5 Å². The largest absolute Gasteiger partial charge is 0.493 e. The Morgan fingerprint density at radius 2 is 2.07 bits per heavy atom. The van der Waals surface area contributed by atoms with Gasteiger partial charge < -0.3 is 13.9 Å². The molecule has 0 spiro atoms. The molecule has 4 rings (SSSR count). The number of para-hydroxylation sites is 1. The SMILES string of the molecule is COc1cccc(CN2CCCC[C@@H]2c2nnc(-c3cccs3)o2)c1OC. The smallest absolute Gasteiger partial charge is 0.257 e. The van der Waals surface area contributed by atoms with Gasteiger partial charge in [-0.2, -0.15) is 0 Å². The number of thiophene rings is 1. The number of rotatable bonds is 6. The van der Waals surface area contributed by atoms with E-state index in [4.69, 9.17) is 13.9 Å². The molecule has 27 heavy (non-hydrogen) atoms. The van der Waals surface area contributed by atoms with Crippen LogP contribution in [-0.2, 0) is 6.54 Å². The third-order valence-corrected chi connectivity index (χ3v) is 5.79. The highest BCUT2D eigenvalue weighted by molar-refractivity contribution is 7.13. The van der Waals surface area contributed by atoms with Crippen LogP contribution in [0.4, 0.5) is 0 Å². The highest BCUT2D eigenvalue weighted by Gasteiger charge is 2.29. The second-order valence-corrected chi connectivity index (χ2v) is 7.51. The molecule has 1 saturated heterocycles. The van der Waals surface area contributed by atoms with E-state index in [9.17, 15) is 0 Å². The van der Waals surface area contributed by atoms with Gasteiger partial charge in [-0.3, -0.25) is 4.90 Å². The van der Waals surface area contributed by atoms with Crippen molar-refractivity contribution < 1.29 is 13.9 Å². The fourth-order valence-corrected chi connectivity index (χ4v) is 4.27. The van der Waals surface area contributed by atoms with Gasteiger partial charge in [-0.25, -0.2) is 0 Å². The van der Waals surface area contributed by atoms with Crippen molar-refractivity contribution in [2.75, 3.05) is 20.8 Å². The van der Waals surface area contributed by atoms with E-state index in [1.807, 2.05) is 29.6 Å². The average Bonchev–Trinajstić information content (AvgIpc) is 3.40. The average molecular weight is 385 g/mol. The first kappa shape index (κ1) is 18.0. The number of hydrogen-bond donors (Lipinski definition) is 0. The van der Waals surface area contributed by atoms with Crippen molar-refractivity contribution >= 4 is 11.3 Å². The normalized spacial score (nSPS) is 17.8. The van der Waals surface area contributed by atoms with Crippen LogP contribution >= 0.6 is 11.3 Å². The number of hydrogen-bond acceptors (Lipinski definition) is 7. The lowest BCUT2D eigenvalue weighted by Crippen LogP contribution is -2.33. The molecule has 0 radical (unpaired) electrons. The first-order chi connectivity index (χ1) is 13.3. The fraction of sp³-hybridized carbons (Fsp3) is 0.400. The van der Waals surface area contributed by atoms with E-state index in [-0.39, 0.29) is 6.04 Å². The van der Waals surface area contributed by atoms with E-state index in [0.29, 0.717) is 11.8 Å². The third-order valence-electron chi connectivity index (χ3n) is 4.93. The summed E-state index contributed by atoms with van der Waals surface area (Å²) in [5.74, 6) is 2.83. The molecule has 1 fully saturated rings. The number of nitrogens with zero attached hydrogens (tertiary/aromatic N) is 3. The van der Waals surface area contributed by atoms with Crippen molar-refractivity contribution in [3.05, 3.63) is 47.2 Å². The van der Waals surface area contributed by atoms with Crippen molar-refractivity contribution in [1.82, 2.24) is 15.1 Å². The molecule has 0 aliphatic carbocycles. The number of aromatic nitrogens is 2. The summed E-state index contributed by atoms with van der Waals surface area (Å²) in [5, 5.41) is 10.6. The van der Waals surface area contributed by atoms with Crippen molar-refractivity contribution in [3.8, 4) is 22.3 Å². The van der Waals surface area contributed by atoms with Gasteiger partial charge in [0.1, 0.15) is 0 Å². The van der Waals surface area contributed by atoms with Crippen molar-refractivity contribution in [2.45, 2.75) is 31.8 Å². The van der Waals surface area contributed by atoms with Crippen LogP contribution in [0.3, 0.4) is 0 Å². The number of benzene rings is 1. The Balaban J connectivity index is 1.59. The van der Waals surface area contributed by atoms with Gasteiger partial charge in [-0.1, -0.05) is 24.6 Å². The Morgan fingerprint density at radius 3 is 2.85 bits per heavy atom. The van der Waals surface area contributed by atoms with Crippen LogP contribution in [0.15, 0.2) is 40.1 Å². The van der Waals surface area contributed by atoms with Gasteiger partial charge in [-0.05, 0) is 36.9 Å². The topological polar surface area (TPSA) is 60.6 Å². The molecule has 2 aromatic heterocycles. The molecule has 1 aromatic carbocycles. The third kappa shape index (κ3) is 3.70. The monoisotopic (exact) mass is 385 g/mol. The van der Waals surface area contributed by atoms with Crippen LogP contribution in [-0.4, -0.2) is 35.9 Å². The maximum Gasteiger partial charge on any atom is 0.257 e. The molecule has 142 valence electrons. The summed E-state index contributed by atoms with van der Waals surface area (Å²) in [7, 11) is 3.34. The Labute approximate surface area is 162 Å². The van der Waals surface area contributed by atoms with E-state index in [2.05, 4.69) is 21.2 Å². The maximum atomic E-state index is 6.03. The summed E-state index contributed by atoms with van der Waals surface area (Å²) in [6.07, 6.45) is 3.33. The lowest BCUT2D eigenvalue weighted by atomic mass is 10.0. The molecule has 0 saturated carbocycles. The van der Waals surface area contributed by atoms with Crippen LogP contribution < -0.4 is 9.47 Å². The van der Waals surface area contributed by atoms with Gasteiger partial charge in [0.15, 0.2) is 11.5 Å². The zero-order valence-corrected chi connectivity index (χ0v) is 16.4. The minimum absolute atomic E-state index is 0.121. The first-order valence-electron chi connectivity index (χ1n) is 9.11. The van der Waals surface area contributed by atoms with Gasteiger partial charge in [0.05, 0.1) is 25.1 Å². The van der Waals surface area contributed by atoms with Gasteiger partial charge in [0.25, 0.3) is 5.89 Å². The summed E-state index contributed by atoms with van der Waals surface area (Å²) < 4.78 is 17.1. The molecule has 3 aromatic rings. The van der Waals surface area contributed by atoms with E-state index >= 15 is 0 Å². The van der Waals surface area contributed by atoms with Crippen molar-refractivity contribution in [3.63, 3.8) is 0 Å². The Morgan fingerprint density at radius 1 is 1.15 bits per heavy atom. The fourth-order valence-electron chi connectivity index (χ4n) is 3.63. The molecule has 0 unspecified atom stereocenters. The standard InChI is InChI=1S/C20H23N3O3S/c1-24-16-9-5-7-14(18(16)25-2)13-23-11-4-3-8-15(23)19-21-22-20(26-19)17-10-6-12-27-17/h5-7,9-10,12,15H,3-4,8,11,13H2,1-2H3/t15-/m1/s1. The summed E-state index contributed by atoms with van der Waals surface area (Å²) in [5.41, 5.74) is 1.10. The van der Waals surface area contributed by atoms with Crippen molar-refractivity contribution in [2.24, 2.45) is 0 Å². The molecular formula is C20H23N3O3S. The minimum atomic E-state index is 0.121. The van der Waals surface area contributed by atoms with Crippen LogP contribution in [0.2, 0.25) is 0 Å². The highest BCUT2D eigenvalue weighted by Crippen LogP contribution is 2.37.